The summed E-state index contributed by atoms with van der Waals surface area (Å²) in [6.07, 6.45) is 2.03. The number of hydrogen-bond donors (Lipinski definition) is 2. The molecule has 1 aromatic carbocycles. The maximum absolute atomic E-state index is 12.4. The first-order valence-corrected chi connectivity index (χ1v) is 8.72. The molecule has 0 unspecified atom stereocenters. The molecule has 0 aliphatic heterocycles. The van der Waals surface area contributed by atoms with Crippen molar-refractivity contribution in [3.05, 3.63) is 41.3 Å². The van der Waals surface area contributed by atoms with Crippen molar-refractivity contribution in [1.29, 1.82) is 0 Å². The average molecular weight is 335 g/mol. The molecule has 0 bridgehead atoms. The molecule has 0 saturated heterocycles. The molecule has 1 heterocycles. The van der Waals surface area contributed by atoms with E-state index in [1.807, 2.05) is 0 Å². The van der Waals surface area contributed by atoms with Gasteiger partial charge in [0.05, 0.1) is 0 Å². The molecular formula is C15H17N3O4S. The highest BCUT2D eigenvalue weighted by molar-refractivity contribution is 7.92. The summed E-state index contributed by atoms with van der Waals surface area (Å²) in [5.41, 5.74) is 1.17. The van der Waals surface area contributed by atoms with Crippen LogP contribution in [0.25, 0.3) is 0 Å². The van der Waals surface area contributed by atoms with Crippen LogP contribution in [-0.2, 0) is 10.0 Å². The van der Waals surface area contributed by atoms with Gasteiger partial charge >= 0.3 is 0 Å². The van der Waals surface area contributed by atoms with Gasteiger partial charge in [0.1, 0.15) is 5.69 Å². The Morgan fingerprint density at radius 2 is 1.87 bits per heavy atom. The van der Waals surface area contributed by atoms with Crippen molar-refractivity contribution in [3.63, 3.8) is 0 Å². The first-order chi connectivity index (χ1) is 10.9. The molecule has 1 aromatic heterocycles. The van der Waals surface area contributed by atoms with E-state index >= 15 is 0 Å². The lowest BCUT2D eigenvalue weighted by atomic mass is 10.2. The van der Waals surface area contributed by atoms with Gasteiger partial charge in [-0.3, -0.25) is 9.52 Å². The fourth-order valence-corrected chi connectivity index (χ4v) is 3.64. The van der Waals surface area contributed by atoms with Crippen molar-refractivity contribution in [3.8, 4) is 0 Å². The number of carbonyl (C=O) groups excluding carboxylic acids is 1. The minimum absolute atomic E-state index is 0.0352. The lowest BCUT2D eigenvalue weighted by molar-refractivity contribution is 0.0951. The van der Waals surface area contributed by atoms with Gasteiger partial charge in [-0.15, -0.1) is 0 Å². The molecule has 2 aromatic rings. The summed E-state index contributed by atoms with van der Waals surface area (Å²) in [4.78, 5) is 11.9. The van der Waals surface area contributed by atoms with Crippen molar-refractivity contribution in [1.82, 2.24) is 10.5 Å². The van der Waals surface area contributed by atoms with E-state index in [1.165, 1.54) is 0 Å². The Balaban J connectivity index is 1.76. The lowest BCUT2D eigenvalue weighted by Crippen LogP contribution is -2.25. The van der Waals surface area contributed by atoms with Gasteiger partial charge in [0.25, 0.3) is 15.9 Å². The Bertz CT molecular complexity index is 817. The van der Waals surface area contributed by atoms with Crippen molar-refractivity contribution >= 4 is 21.6 Å². The lowest BCUT2D eigenvalue weighted by Gasteiger charge is -2.08. The number of rotatable bonds is 5. The monoisotopic (exact) mass is 335 g/mol. The highest BCUT2D eigenvalue weighted by Gasteiger charge is 2.25. The maximum Gasteiger partial charge on any atom is 0.267 e. The van der Waals surface area contributed by atoms with E-state index in [2.05, 4.69) is 15.2 Å². The number of aromatic nitrogens is 1. The van der Waals surface area contributed by atoms with E-state index in [1.54, 1.807) is 38.1 Å². The standard InChI is InChI=1S/C15H17N3O4S/c1-9-14(10(2)22-17-9)23(20,21)18-13-5-3-11(4-6-13)15(19)16-12-7-8-12/h3-6,12,18H,7-8H2,1-2H3,(H,16,19). The van der Waals surface area contributed by atoms with Crippen LogP contribution in [-0.4, -0.2) is 25.5 Å². The summed E-state index contributed by atoms with van der Waals surface area (Å²) in [6.45, 7) is 3.11. The Labute approximate surface area is 134 Å². The van der Waals surface area contributed by atoms with Crippen LogP contribution in [0.4, 0.5) is 5.69 Å². The van der Waals surface area contributed by atoms with Crippen LogP contribution in [0.1, 0.15) is 34.7 Å². The summed E-state index contributed by atoms with van der Waals surface area (Å²) >= 11 is 0. The zero-order chi connectivity index (χ0) is 16.6. The van der Waals surface area contributed by atoms with Crippen molar-refractivity contribution in [2.24, 2.45) is 0 Å². The summed E-state index contributed by atoms with van der Waals surface area (Å²) in [5, 5.41) is 6.52. The van der Waals surface area contributed by atoms with Crippen molar-refractivity contribution in [2.75, 3.05) is 4.72 Å². The Morgan fingerprint density at radius 3 is 2.39 bits per heavy atom. The first kappa shape index (κ1) is 15.5. The van der Waals surface area contributed by atoms with Crippen molar-refractivity contribution < 1.29 is 17.7 Å². The third-order valence-corrected chi connectivity index (χ3v) is 5.17. The fourth-order valence-electron chi connectivity index (χ4n) is 2.25. The van der Waals surface area contributed by atoms with Crippen LogP contribution in [0.2, 0.25) is 0 Å². The topological polar surface area (TPSA) is 101 Å². The molecule has 1 aliphatic rings. The fraction of sp³-hybridized carbons (Fsp3) is 0.333. The van der Waals surface area contributed by atoms with E-state index in [0.29, 0.717) is 16.9 Å². The minimum atomic E-state index is -3.78. The third kappa shape index (κ3) is 3.37. The van der Waals surface area contributed by atoms with E-state index in [-0.39, 0.29) is 22.6 Å². The second kappa shape index (κ2) is 5.69. The van der Waals surface area contributed by atoms with Crippen LogP contribution < -0.4 is 10.0 Å². The van der Waals surface area contributed by atoms with Gasteiger partial charge in [-0.05, 0) is 51.0 Å². The largest absolute Gasteiger partial charge is 0.360 e. The molecule has 122 valence electrons. The quantitative estimate of drug-likeness (QED) is 0.870. The van der Waals surface area contributed by atoms with Crippen LogP contribution in [0.15, 0.2) is 33.7 Å². The van der Waals surface area contributed by atoms with Gasteiger partial charge in [0.2, 0.25) is 0 Å². The summed E-state index contributed by atoms with van der Waals surface area (Å²) in [7, 11) is -3.78. The number of anilines is 1. The van der Waals surface area contributed by atoms with E-state index in [9.17, 15) is 13.2 Å². The van der Waals surface area contributed by atoms with Crippen LogP contribution in [0, 0.1) is 13.8 Å². The highest BCUT2D eigenvalue weighted by Crippen LogP contribution is 2.23. The molecule has 1 fully saturated rings. The Morgan fingerprint density at radius 1 is 1.22 bits per heavy atom. The number of nitrogens with zero attached hydrogens (tertiary/aromatic N) is 1. The number of amides is 1. The molecule has 0 spiro atoms. The van der Waals surface area contributed by atoms with Gasteiger partial charge in [0, 0.05) is 17.3 Å². The minimum Gasteiger partial charge on any atom is -0.360 e. The zero-order valence-corrected chi connectivity index (χ0v) is 13.6. The SMILES string of the molecule is Cc1noc(C)c1S(=O)(=O)Nc1ccc(C(=O)NC2CC2)cc1. The normalized spacial score (nSPS) is 14.5. The number of hydrogen-bond acceptors (Lipinski definition) is 5. The van der Waals surface area contributed by atoms with Gasteiger partial charge in [-0.2, -0.15) is 0 Å². The summed E-state index contributed by atoms with van der Waals surface area (Å²) in [5.74, 6) is 0.0862. The molecule has 23 heavy (non-hydrogen) atoms. The van der Waals surface area contributed by atoms with Gasteiger partial charge in [-0.1, -0.05) is 5.16 Å². The molecule has 3 rings (SSSR count). The second-order valence-corrected chi connectivity index (χ2v) is 7.20. The van der Waals surface area contributed by atoms with Crippen LogP contribution in [0.3, 0.4) is 0 Å². The molecule has 1 saturated carbocycles. The third-order valence-electron chi connectivity index (χ3n) is 3.55. The van der Waals surface area contributed by atoms with Gasteiger partial charge in [-0.25, -0.2) is 8.42 Å². The molecule has 1 amide bonds. The number of nitrogens with one attached hydrogen (secondary N) is 2. The molecule has 0 atom stereocenters. The number of benzene rings is 1. The molecule has 2 N–H and O–H groups in total. The molecule has 0 radical (unpaired) electrons. The zero-order valence-electron chi connectivity index (χ0n) is 12.8. The molecule has 1 aliphatic carbocycles. The van der Waals surface area contributed by atoms with Crippen LogP contribution >= 0.6 is 0 Å². The van der Waals surface area contributed by atoms with Crippen LogP contribution in [0.5, 0.6) is 0 Å². The number of aryl methyl sites for hydroxylation is 2. The van der Waals surface area contributed by atoms with E-state index < -0.39 is 10.0 Å². The Hall–Kier alpha value is -2.35. The van der Waals surface area contributed by atoms with E-state index in [4.69, 9.17) is 4.52 Å². The summed E-state index contributed by atoms with van der Waals surface area (Å²) in [6, 6.07) is 6.56. The second-order valence-electron chi connectivity index (χ2n) is 5.58. The molecule has 8 heteroatoms. The number of carbonyl (C=O) groups is 1. The predicted molar refractivity (Wildman–Crippen MR) is 83.7 cm³/mol. The summed E-state index contributed by atoms with van der Waals surface area (Å²) < 4.78 is 32.1. The maximum atomic E-state index is 12.4. The average Bonchev–Trinajstić information content (AvgIpc) is 3.22. The van der Waals surface area contributed by atoms with Gasteiger partial charge < -0.3 is 9.84 Å². The van der Waals surface area contributed by atoms with Crippen molar-refractivity contribution in [2.45, 2.75) is 37.6 Å². The molecule has 7 nitrogen and oxygen atoms in total. The van der Waals surface area contributed by atoms with E-state index in [0.717, 1.165) is 12.8 Å². The number of sulfonamides is 1. The smallest absolute Gasteiger partial charge is 0.267 e. The first-order valence-electron chi connectivity index (χ1n) is 7.23. The predicted octanol–water partition coefficient (Wildman–Crippen LogP) is 1.98. The highest BCUT2D eigenvalue weighted by atomic mass is 32.2. The molecular weight excluding hydrogens is 318 g/mol. The Kier molecular flexibility index (Phi) is 3.85. The van der Waals surface area contributed by atoms with Gasteiger partial charge in [0.15, 0.2) is 10.7 Å².